The molecule has 1 aliphatic carbocycles. The number of aromatic amines is 1. The van der Waals surface area contributed by atoms with Crippen molar-refractivity contribution in [3.63, 3.8) is 0 Å². The molecule has 4 rings (SSSR count). The van der Waals surface area contributed by atoms with Crippen LogP contribution in [0.4, 0.5) is 0 Å². The molecule has 0 radical (unpaired) electrons. The third kappa shape index (κ3) is 3.22. The molecule has 2 unspecified atom stereocenters. The van der Waals surface area contributed by atoms with E-state index in [1.54, 1.807) is 12.5 Å². The number of fused-ring (bicyclic) bond motifs is 2. The predicted octanol–water partition coefficient (Wildman–Crippen LogP) is 4.62. The van der Waals surface area contributed by atoms with Gasteiger partial charge in [-0.25, -0.2) is 0 Å². The van der Waals surface area contributed by atoms with Gasteiger partial charge < -0.3 is 4.98 Å². The van der Waals surface area contributed by atoms with E-state index in [4.69, 9.17) is 0 Å². The zero-order valence-electron chi connectivity index (χ0n) is 16.1. The number of carbonyl (C=O) groups excluding carboxylic acids is 1. The molecule has 2 heterocycles. The largest absolute Gasteiger partial charge is 0.361 e. The molecule has 1 saturated heterocycles. The van der Waals surface area contributed by atoms with Gasteiger partial charge in [0, 0.05) is 40.9 Å². The third-order valence-corrected chi connectivity index (χ3v) is 7.82. The number of hydrogen-bond acceptors (Lipinski definition) is 3. The molecule has 1 aromatic carbocycles. The summed E-state index contributed by atoms with van der Waals surface area (Å²) < 4.78 is 0. The minimum Gasteiger partial charge on any atom is -0.361 e. The summed E-state index contributed by atoms with van der Waals surface area (Å²) in [6.45, 7) is 8.68. The number of ketones is 1. The predicted molar refractivity (Wildman–Crippen MR) is 111 cm³/mol. The van der Waals surface area contributed by atoms with Gasteiger partial charge in [-0.05, 0) is 55.8 Å². The molecule has 4 atom stereocenters. The first-order chi connectivity index (χ1) is 12.6. The highest BCUT2D eigenvalue weighted by Crippen LogP contribution is 2.46. The second-order valence-corrected chi connectivity index (χ2v) is 9.54. The highest BCUT2D eigenvalue weighted by Gasteiger charge is 2.41. The molecule has 1 aromatic heterocycles. The van der Waals surface area contributed by atoms with Crippen molar-refractivity contribution in [1.29, 1.82) is 0 Å². The number of piperidine rings is 1. The zero-order chi connectivity index (χ0) is 18.3. The van der Waals surface area contributed by atoms with E-state index in [9.17, 15) is 4.79 Å². The van der Waals surface area contributed by atoms with Crippen LogP contribution >= 0.6 is 11.8 Å². The van der Waals surface area contributed by atoms with E-state index in [1.165, 1.54) is 48.8 Å². The van der Waals surface area contributed by atoms with Crippen LogP contribution < -0.4 is 0 Å². The Balaban J connectivity index is 1.64. The second kappa shape index (κ2) is 7.40. The molecule has 140 valence electrons. The van der Waals surface area contributed by atoms with Crippen LogP contribution in [-0.2, 0) is 11.2 Å². The summed E-state index contributed by atoms with van der Waals surface area (Å²) in [4.78, 5) is 17.7. The number of carbonyl (C=O) groups is 1. The van der Waals surface area contributed by atoms with E-state index in [0.29, 0.717) is 34.7 Å². The molecule has 2 aliphatic rings. The van der Waals surface area contributed by atoms with Gasteiger partial charge in [0.15, 0.2) is 0 Å². The lowest BCUT2D eigenvalue weighted by atomic mass is 9.71. The van der Waals surface area contributed by atoms with Crippen molar-refractivity contribution in [2.75, 3.05) is 18.8 Å². The molecule has 1 aliphatic heterocycles. The van der Waals surface area contributed by atoms with E-state index < -0.39 is 0 Å². The average molecular weight is 371 g/mol. The molecule has 0 bridgehead atoms. The molecule has 1 fully saturated rings. The first-order valence-electron chi connectivity index (χ1n) is 10.0. The fourth-order valence-corrected chi connectivity index (χ4v) is 6.07. The number of Topliss-reactive ketones (excluding diaryl/α,β-unsaturated/α-hetero) is 1. The van der Waals surface area contributed by atoms with Crippen LogP contribution in [0, 0.1) is 5.92 Å². The Hall–Kier alpha value is -1.26. The monoisotopic (exact) mass is 370 g/mol. The van der Waals surface area contributed by atoms with Gasteiger partial charge in [0.1, 0.15) is 5.78 Å². The molecule has 4 heteroatoms. The molecule has 26 heavy (non-hydrogen) atoms. The lowest BCUT2D eigenvalue weighted by Crippen LogP contribution is -2.51. The van der Waals surface area contributed by atoms with Crippen LogP contribution in [-0.4, -0.2) is 45.8 Å². The van der Waals surface area contributed by atoms with Crippen LogP contribution in [0.5, 0.6) is 0 Å². The Labute approximate surface area is 160 Å². The molecule has 0 saturated carbocycles. The molecule has 0 amide bonds. The number of nitrogens with one attached hydrogen (secondary N) is 1. The molecule has 0 spiro atoms. The maximum absolute atomic E-state index is 11.4. The lowest BCUT2D eigenvalue weighted by molar-refractivity contribution is -0.114. The van der Waals surface area contributed by atoms with Gasteiger partial charge in [-0.3, -0.25) is 9.69 Å². The fourth-order valence-electron chi connectivity index (χ4n) is 5.10. The van der Waals surface area contributed by atoms with E-state index in [1.807, 2.05) is 11.8 Å². The van der Waals surface area contributed by atoms with Crippen molar-refractivity contribution in [3.05, 3.63) is 35.5 Å². The normalized spacial score (nSPS) is 26.7. The van der Waals surface area contributed by atoms with Gasteiger partial charge in [-0.15, -0.1) is 0 Å². The van der Waals surface area contributed by atoms with Crippen LogP contribution in [0.25, 0.3) is 10.9 Å². The molecular formula is C22H30N2OS. The Kier molecular flexibility index (Phi) is 5.15. The summed E-state index contributed by atoms with van der Waals surface area (Å²) in [7, 11) is 0. The average Bonchev–Trinajstić information content (AvgIpc) is 3.05. The van der Waals surface area contributed by atoms with Crippen molar-refractivity contribution in [2.45, 2.75) is 57.2 Å². The fraction of sp³-hybridized carbons (Fsp3) is 0.591. The van der Waals surface area contributed by atoms with Gasteiger partial charge in [-0.2, -0.15) is 11.8 Å². The summed E-state index contributed by atoms with van der Waals surface area (Å²) in [6, 6.07) is 7.40. The SMILES string of the molecule is CCCN1CC([C@@H](C)SCC(C)=O)CC2c3cccc4[nH]cc(c34)C[C@H]21. The second-order valence-electron chi connectivity index (χ2n) is 8.17. The van der Waals surface area contributed by atoms with Crippen molar-refractivity contribution in [2.24, 2.45) is 5.92 Å². The van der Waals surface area contributed by atoms with Gasteiger partial charge in [0.2, 0.25) is 0 Å². The summed E-state index contributed by atoms with van der Waals surface area (Å²) in [5.74, 6) is 2.22. The first-order valence-corrected chi connectivity index (χ1v) is 11.1. The van der Waals surface area contributed by atoms with Crippen molar-refractivity contribution in [3.8, 4) is 0 Å². The van der Waals surface area contributed by atoms with Gasteiger partial charge in [0.05, 0.1) is 5.75 Å². The summed E-state index contributed by atoms with van der Waals surface area (Å²) >= 11 is 1.85. The lowest BCUT2D eigenvalue weighted by Gasteiger charge is -2.48. The van der Waals surface area contributed by atoms with Gasteiger partial charge >= 0.3 is 0 Å². The highest BCUT2D eigenvalue weighted by atomic mass is 32.2. The minimum atomic E-state index is 0.292. The Morgan fingerprint density at radius 3 is 3.04 bits per heavy atom. The maximum Gasteiger partial charge on any atom is 0.139 e. The highest BCUT2D eigenvalue weighted by molar-refractivity contribution is 8.00. The zero-order valence-corrected chi connectivity index (χ0v) is 16.9. The summed E-state index contributed by atoms with van der Waals surface area (Å²) in [5, 5.41) is 2.01. The van der Waals surface area contributed by atoms with E-state index in [-0.39, 0.29) is 0 Å². The molecule has 2 aromatic rings. The quantitative estimate of drug-likeness (QED) is 0.806. The number of benzene rings is 1. The maximum atomic E-state index is 11.4. The Morgan fingerprint density at radius 2 is 2.27 bits per heavy atom. The Morgan fingerprint density at radius 1 is 1.42 bits per heavy atom. The number of nitrogens with zero attached hydrogens (tertiary/aromatic N) is 1. The minimum absolute atomic E-state index is 0.292. The van der Waals surface area contributed by atoms with Crippen molar-refractivity contribution < 1.29 is 4.79 Å². The third-order valence-electron chi connectivity index (χ3n) is 6.33. The first kappa shape index (κ1) is 18.1. The van der Waals surface area contributed by atoms with Gasteiger partial charge in [0.25, 0.3) is 0 Å². The number of rotatable bonds is 6. The van der Waals surface area contributed by atoms with E-state index in [2.05, 4.69) is 48.1 Å². The van der Waals surface area contributed by atoms with Crippen LogP contribution in [0.1, 0.15) is 50.7 Å². The standard InChI is InChI=1S/C22H30N2OS/c1-4-8-24-12-17(15(3)26-13-14(2)25)9-19-18-6-5-7-20-22(18)16(11-23-20)10-21(19)24/h5-7,11,15,17,19,21,23H,4,8-10,12-13H2,1-3H3/t15-,17?,19?,21-/m1/s1. The van der Waals surface area contributed by atoms with Crippen LogP contribution in [0.15, 0.2) is 24.4 Å². The smallest absolute Gasteiger partial charge is 0.139 e. The van der Waals surface area contributed by atoms with Crippen molar-refractivity contribution >= 4 is 28.4 Å². The summed E-state index contributed by atoms with van der Waals surface area (Å²) in [5.41, 5.74) is 4.33. The number of aromatic nitrogens is 1. The molecular weight excluding hydrogens is 340 g/mol. The van der Waals surface area contributed by atoms with E-state index in [0.717, 1.165) is 0 Å². The van der Waals surface area contributed by atoms with Crippen LogP contribution in [0.2, 0.25) is 0 Å². The van der Waals surface area contributed by atoms with Gasteiger partial charge in [-0.1, -0.05) is 26.0 Å². The number of H-pyrrole nitrogens is 1. The topological polar surface area (TPSA) is 36.1 Å². The van der Waals surface area contributed by atoms with Crippen LogP contribution in [0.3, 0.4) is 0 Å². The number of likely N-dealkylation sites (tertiary alicyclic amines) is 1. The molecule has 1 N–H and O–H groups in total. The van der Waals surface area contributed by atoms with E-state index >= 15 is 0 Å². The summed E-state index contributed by atoms with van der Waals surface area (Å²) in [6.07, 6.45) is 5.85. The Bertz CT molecular complexity index is 799. The molecule has 3 nitrogen and oxygen atoms in total. The van der Waals surface area contributed by atoms with Crippen molar-refractivity contribution in [1.82, 2.24) is 9.88 Å². The number of thioether (sulfide) groups is 1. The number of hydrogen-bond donors (Lipinski definition) is 1.